The molecule has 0 aliphatic carbocycles. The first-order valence-electron chi connectivity index (χ1n) is 10.8. The predicted molar refractivity (Wildman–Crippen MR) is 140 cm³/mol. The van der Waals surface area contributed by atoms with Gasteiger partial charge in [0, 0.05) is 17.8 Å². The summed E-state index contributed by atoms with van der Waals surface area (Å²) < 4.78 is 50.5. The number of aromatic nitrogens is 1. The molecule has 0 aliphatic heterocycles. The first kappa shape index (κ1) is 30.2. The summed E-state index contributed by atoms with van der Waals surface area (Å²) in [5, 5.41) is 5.62. The number of amides is 2. The van der Waals surface area contributed by atoms with E-state index >= 15 is 0 Å². The molecule has 2 N–H and O–H groups in total. The third-order valence-electron chi connectivity index (χ3n) is 4.65. The van der Waals surface area contributed by atoms with Gasteiger partial charge in [0.1, 0.15) is 28.0 Å². The molecule has 0 radical (unpaired) electrons. The van der Waals surface area contributed by atoms with E-state index in [9.17, 15) is 22.8 Å². The van der Waals surface area contributed by atoms with Crippen LogP contribution in [0, 0.1) is 0 Å². The van der Waals surface area contributed by atoms with Gasteiger partial charge in [-0.25, -0.2) is 4.98 Å². The number of nitrogens with zero attached hydrogens (tertiary/aromatic N) is 2. The minimum atomic E-state index is -4.61. The number of allylic oxidation sites excluding steroid dienone is 1. The van der Waals surface area contributed by atoms with Gasteiger partial charge in [-0.05, 0) is 54.9 Å². The van der Waals surface area contributed by atoms with E-state index in [1.165, 1.54) is 19.5 Å². The van der Waals surface area contributed by atoms with Crippen LogP contribution >= 0.6 is 27.3 Å². The molecule has 0 bridgehead atoms. The number of thiazole rings is 1. The van der Waals surface area contributed by atoms with E-state index in [1.807, 2.05) is 13.8 Å². The highest BCUT2D eigenvalue weighted by Crippen LogP contribution is 2.35. The molecule has 1 aromatic carbocycles. The van der Waals surface area contributed by atoms with E-state index in [-0.39, 0.29) is 35.2 Å². The summed E-state index contributed by atoms with van der Waals surface area (Å²) in [6, 6.07) is 2.21. The van der Waals surface area contributed by atoms with Crippen molar-refractivity contribution in [3.8, 4) is 5.75 Å². The van der Waals surface area contributed by atoms with Crippen LogP contribution in [0.25, 0.3) is 0 Å². The van der Waals surface area contributed by atoms with Crippen molar-refractivity contribution in [2.75, 3.05) is 25.6 Å². The fourth-order valence-electron chi connectivity index (χ4n) is 2.81. The molecule has 13 heteroatoms. The molecule has 37 heavy (non-hydrogen) atoms. The lowest BCUT2D eigenvalue weighted by atomic mass is 10.1. The number of halogens is 4. The van der Waals surface area contributed by atoms with Crippen LogP contribution in [0.5, 0.6) is 5.75 Å². The quantitative estimate of drug-likeness (QED) is 0.247. The predicted octanol–water partition coefficient (Wildman–Crippen LogP) is 5.89. The first-order chi connectivity index (χ1) is 17.4. The largest absolute Gasteiger partial charge is 0.489 e. The fourth-order valence-corrected chi connectivity index (χ4v) is 3.91. The zero-order valence-electron chi connectivity index (χ0n) is 20.5. The third-order valence-corrected chi connectivity index (χ3v) is 7.00. The molecule has 2 rings (SSSR count). The molecule has 0 fully saturated rings. The maximum atomic E-state index is 13.2. The Bertz CT molecular complexity index is 1210. The molecule has 0 saturated heterocycles. The van der Waals surface area contributed by atoms with Crippen molar-refractivity contribution in [1.29, 1.82) is 0 Å². The maximum absolute atomic E-state index is 13.2. The van der Waals surface area contributed by atoms with E-state index in [0.717, 1.165) is 35.1 Å². The molecule has 0 spiro atoms. The molecular formula is C24H26BrF3N4O4S. The summed E-state index contributed by atoms with van der Waals surface area (Å²) in [6.45, 7) is 9.10. The van der Waals surface area contributed by atoms with E-state index in [2.05, 4.69) is 43.1 Å². The van der Waals surface area contributed by atoms with Gasteiger partial charge in [-0.1, -0.05) is 12.2 Å². The van der Waals surface area contributed by atoms with Crippen LogP contribution in [0.15, 0.2) is 52.2 Å². The number of hydrogen-bond acceptors (Lipinski definition) is 7. The minimum Gasteiger partial charge on any atom is -0.489 e. The molecule has 1 atom stereocenters. The summed E-state index contributed by atoms with van der Waals surface area (Å²) in [5.41, 5.74) is -0.134. The molecule has 2 aromatic rings. The van der Waals surface area contributed by atoms with Crippen molar-refractivity contribution < 1.29 is 32.2 Å². The second kappa shape index (κ2) is 13.5. The van der Waals surface area contributed by atoms with Crippen molar-refractivity contribution in [2.24, 2.45) is 4.99 Å². The number of nitrogens with one attached hydrogen (secondary N) is 2. The number of hydrogen-bond donors (Lipinski definition) is 2. The Kier molecular flexibility index (Phi) is 11.0. The lowest BCUT2D eigenvalue weighted by Gasteiger charge is -2.15. The molecule has 1 heterocycles. The Hall–Kier alpha value is -3.03. The highest BCUT2D eigenvalue weighted by Gasteiger charge is 2.31. The van der Waals surface area contributed by atoms with Crippen molar-refractivity contribution in [1.82, 2.24) is 10.3 Å². The number of benzene rings is 1. The smallest absolute Gasteiger partial charge is 0.416 e. The Morgan fingerprint density at radius 1 is 1.30 bits per heavy atom. The van der Waals surface area contributed by atoms with Gasteiger partial charge in [-0.2, -0.15) is 13.2 Å². The Balaban J connectivity index is 2.22. The first-order valence-corrected chi connectivity index (χ1v) is 12.4. The number of carbonyl (C=O) groups excluding carboxylic acids is 2. The van der Waals surface area contributed by atoms with E-state index in [0.29, 0.717) is 9.49 Å². The monoisotopic (exact) mass is 602 g/mol. The third kappa shape index (κ3) is 8.51. The second-order valence-electron chi connectivity index (χ2n) is 7.74. The van der Waals surface area contributed by atoms with Gasteiger partial charge in [0.15, 0.2) is 0 Å². The number of methoxy groups -OCH3 is 1. The maximum Gasteiger partial charge on any atom is 0.416 e. The van der Waals surface area contributed by atoms with Gasteiger partial charge in [-0.15, -0.1) is 11.3 Å². The Labute approximate surface area is 224 Å². The number of ether oxygens (including phenoxy) is 2. The molecule has 0 saturated carbocycles. The van der Waals surface area contributed by atoms with Gasteiger partial charge >= 0.3 is 6.18 Å². The average Bonchev–Trinajstić information content (AvgIpc) is 3.33. The van der Waals surface area contributed by atoms with Gasteiger partial charge in [0.25, 0.3) is 11.8 Å². The summed E-state index contributed by atoms with van der Waals surface area (Å²) in [4.78, 5) is 33.9. The molecule has 2 amide bonds. The standard InChI is InChI=1S/C24H26BrF3N4O4S/c1-6-29-20(19(25)13(2)3)22(34)31-14(4)23-30-12-18(37-23)21(33)32-16-11-15(24(26,27)28)7-8-17(16)36-10-9-35-5/h6-8,11-12,14H,1,9-10H2,2-5H3,(H,31,34)(H,32,33)/b29-20+. The molecule has 200 valence electrons. The molecule has 8 nitrogen and oxygen atoms in total. The Morgan fingerprint density at radius 2 is 2.00 bits per heavy atom. The zero-order chi connectivity index (χ0) is 27.8. The summed E-state index contributed by atoms with van der Waals surface area (Å²) in [7, 11) is 1.46. The van der Waals surface area contributed by atoms with Crippen LogP contribution in [0.1, 0.15) is 47.1 Å². The van der Waals surface area contributed by atoms with Crippen molar-refractivity contribution in [3.05, 3.63) is 62.7 Å². The van der Waals surface area contributed by atoms with Gasteiger partial charge in [0.2, 0.25) is 0 Å². The molecular weight excluding hydrogens is 577 g/mol. The van der Waals surface area contributed by atoms with Crippen molar-refractivity contribution in [3.63, 3.8) is 0 Å². The Morgan fingerprint density at radius 3 is 2.59 bits per heavy atom. The highest BCUT2D eigenvalue weighted by atomic mass is 79.9. The summed E-state index contributed by atoms with van der Waals surface area (Å²) in [5.74, 6) is -1.11. The van der Waals surface area contributed by atoms with Crippen LogP contribution < -0.4 is 15.4 Å². The molecule has 0 aliphatic rings. The number of aliphatic imine (C=N–C) groups is 1. The number of alkyl halides is 3. The van der Waals surface area contributed by atoms with Crippen LogP contribution in [-0.4, -0.2) is 42.8 Å². The van der Waals surface area contributed by atoms with Crippen LogP contribution in [0.3, 0.4) is 0 Å². The van der Waals surface area contributed by atoms with E-state index in [4.69, 9.17) is 9.47 Å². The molecule has 1 unspecified atom stereocenters. The number of rotatable bonds is 11. The summed E-state index contributed by atoms with van der Waals surface area (Å²) in [6.07, 6.45) is -2.08. The number of carbonyl (C=O) groups is 2. The lowest BCUT2D eigenvalue weighted by molar-refractivity contribution is -0.137. The van der Waals surface area contributed by atoms with Gasteiger partial charge in [-0.3, -0.25) is 14.6 Å². The summed E-state index contributed by atoms with van der Waals surface area (Å²) >= 11 is 4.32. The fraction of sp³-hybridized carbons (Fsp3) is 0.333. The molecule has 1 aromatic heterocycles. The van der Waals surface area contributed by atoms with E-state index < -0.39 is 29.6 Å². The normalized spacial score (nSPS) is 12.5. The SMILES string of the molecule is C=C/N=C(/C(=O)NC(C)c1ncc(C(=O)Nc2cc(C(F)(F)F)ccc2OCCOC)s1)C(Br)=C(C)C. The number of anilines is 1. The topological polar surface area (TPSA) is 102 Å². The zero-order valence-corrected chi connectivity index (χ0v) is 22.9. The van der Waals surface area contributed by atoms with Gasteiger partial charge in [0.05, 0.1) is 30.1 Å². The second-order valence-corrected chi connectivity index (χ2v) is 9.59. The van der Waals surface area contributed by atoms with Crippen molar-refractivity contribution in [2.45, 2.75) is 33.0 Å². The average molecular weight is 603 g/mol. The van der Waals surface area contributed by atoms with Crippen LogP contribution in [-0.2, 0) is 15.7 Å². The van der Waals surface area contributed by atoms with Crippen LogP contribution in [0.4, 0.5) is 18.9 Å². The highest BCUT2D eigenvalue weighted by molar-refractivity contribution is 9.12. The minimum absolute atomic E-state index is 0.0580. The van der Waals surface area contributed by atoms with Crippen LogP contribution in [0.2, 0.25) is 0 Å². The van der Waals surface area contributed by atoms with Gasteiger partial charge < -0.3 is 20.1 Å². The van der Waals surface area contributed by atoms with Crippen molar-refractivity contribution >= 4 is 50.5 Å². The lowest BCUT2D eigenvalue weighted by Crippen LogP contribution is -2.33. The van der Waals surface area contributed by atoms with E-state index in [1.54, 1.807) is 6.92 Å².